The fourth-order valence-corrected chi connectivity index (χ4v) is 4.04. The highest BCUT2D eigenvalue weighted by Crippen LogP contribution is 2.31. The van der Waals surface area contributed by atoms with Crippen LogP contribution in [0.3, 0.4) is 0 Å². The maximum atomic E-state index is 5.40. The molecule has 4 aromatic rings. The molecule has 0 fully saturated rings. The smallest absolute Gasteiger partial charge is 0.196 e. The fourth-order valence-electron chi connectivity index (χ4n) is 3.15. The van der Waals surface area contributed by atoms with E-state index in [2.05, 4.69) is 52.0 Å². The molecule has 0 aliphatic carbocycles. The molecule has 30 heavy (non-hydrogen) atoms. The van der Waals surface area contributed by atoms with Crippen LogP contribution in [0.4, 0.5) is 0 Å². The molecule has 0 bridgehead atoms. The van der Waals surface area contributed by atoms with Crippen molar-refractivity contribution in [1.29, 1.82) is 0 Å². The van der Waals surface area contributed by atoms with E-state index in [-0.39, 0.29) is 0 Å². The first-order valence-electron chi connectivity index (χ1n) is 9.60. The van der Waals surface area contributed by atoms with Crippen LogP contribution in [0.5, 0.6) is 11.5 Å². The summed E-state index contributed by atoms with van der Waals surface area (Å²) in [7, 11) is 3.35. The van der Waals surface area contributed by atoms with Gasteiger partial charge in [0.05, 0.1) is 14.2 Å². The van der Waals surface area contributed by atoms with Gasteiger partial charge in [0.15, 0.2) is 11.0 Å². The average molecular weight is 418 g/mol. The Morgan fingerprint density at radius 2 is 1.53 bits per heavy atom. The molecule has 0 amide bonds. The molecule has 6 heteroatoms. The molecule has 0 unspecified atom stereocenters. The van der Waals surface area contributed by atoms with Crippen molar-refractivity contribution in [2.24, 2.45) is 0 Å². The monoisotopic (exact) mass is 417 g/mol. The quantitative estimate of drug-likeness (QED) is 0.369. The maximum absolute atomic E-state index is 5.40. The van der Waals surface area contributed by atoms with Crippen molar-refractivity contribution in [3.05, 3.63) is 83.9 Å². The molecule has 0 spiro atoms. The van der Waals surface area contributed by atoms with Crippen LogP contribution in [0.1, 0.15) is 11.1 Å². The van der Waals surface area contributed by atoms with Crippen molar-refractivity contribution in [3.8, 4) is 28.6 Å². The Morgan fingerprint density at radius 3 is 2.27 bits per heavy atom. The van der Waals surface area contributed by atoms with E-state index in [1.165, 1.54) is 11.1 Å². The number of aromatic nitrogens is 3. The Hall–Kier alpha value is -3.25. The van der Waals surface area contributed by atoms with Gasteiger partial charge in [-0.15, -0.1) is 10.2 Å². The van der Waals surface area contributed by atoms with E-state index >= 15 is 0 Å². The lowest BCUT2D eigenvalue weighted by Gasteiger charge is -2.11. The van der Waals surface area contributed by atoms with Crippen LogP contribution in [0, 0.1) is 6.92 Å². The summed E-state index contributed by atoms with van der Waals surface area (Å²) in [5, 5.41) is 9.86. The predicted octanol–water partition coefficient (Wildman–Crippen LogP) is 5.55. The van der Waals surface area contributed by atoms with Gasteiger partial charge in [-0.2, -0.15) is 0 Å². The third-order valence-electron chi connectivity index (χ3n) is 4.76. The van der Waals surface area contributed by atoms with Gasteiger partial charge in [-0.1, -0.05) is 53.7 Å². The summed E-state index contributed by atoms with van der Waals surface area (Å²) in [5.41, 5.74) is 4.35. The summed E-state index contributed by atoms with van der Waals surface area (Å²) in [4.78, 5) is 0. The number of ether oxygens (including phenoxy) is 2. The Morgan fingerprint density at radius 1 is 0.833 bits per heavy atom. The molecule has 1 aromatic heterocycles. The van der Waals surface area contributed by atoms with Gasteiger partial charge in [0.25, 0.3) is 0 Å². The van der Waals surface area contributed by atoms with E-state index in [4.69, 9.17) is 9.47 Å². The summed E-state index contributed by atoms with van der Waals surface area (Å²) in [5.74, 6) is 3.19. The van der Waals surface area contributed by atoms with E-state index in [9.17, 15) is 0 Å². The third kappa shape index (κ3) is 4.33. The Labute approximate surface area is 180 Å². The van der Waals surface area contributed by atoms with Crippen molar-refractivity contribution in [3.63, 3.8) is 0 Å². The van der Waals surface area contributed by atoms with Crippen LogP contribution in [0.2, 0.25) is 0 Å². The Kier molecular flexibility index (Phi) is 6.05. The van der Waals surface area contributed by atoms with Crippen molar-refractivity contribution in [1.82, 2.24) is 14.8 Å². The van der Waals surface area contributed by atoms with Gasteiger partial charge in [-0.25, -0.2) is 0 Å². The normalized spacial score (nSPS) is 10.8. The molecule has 0 atom stereocenters. The van der Waals surface area contributed by atoms with Crippen molar-refractivity contribution < 1.29 is 9.47 Å². The second-order valence-corrected chi connectivity index (χ2v) is 7.79. The largest absolute Gasteiger partial charge is 0.497 e. The number of hydrogen-bond acceptors (Lipinski definition) is 5. The van der Waals surface area contributed by atoms with Gasteiger partial charge in [0.2, 0.25) is 0 Å². The van der Waals surface area contributed by atoms with Crippen LogP contribution >= 0.6 is 11.8 Å². The van der Waals surface area contributed by atoms with E-state index in [1.807, 2.05) is 42.5 Å². The van der Waals surface area contributed by atoms with Gasteiger partial charge in [-0.3, -0.25) is 4.57 Å². The lowest BCUT2D eigenvalue weighted by Crippen LogP contribution is -2.00. The first-order chi connectivity index (χ1) is 14.7. The predicted molar refractivity (Wildman–Crippen MR) is 121 cm³/mol. The summed E-state index contributed by atoms with van der Waals surface area (Å²) in [6, 6.07) is 24.4. The highest BCUT2D eigenvalue weighted by molar-refractivity contribution is 7.98. The zero-order valence-electron chi connectivity index (χ0n) is 17.2. The molecule has 0 aliphatic heterocycles. The van der Waals surface area contributed by atoms with Crippen LogP contribution in [0.15, 0.2) is 78.0 Å². The molecular weight excluding hydrogens is 394 g/mol. The number of hydrogen-bond donors (Lipinski definition) is 0. The van der Waals surface area contributed by atoms with E-state index in [0.29, 0.717) is 0 Å². The number of nitrogens with zero attached hydrogens (tertiary/aromatic N) is 3. The molecule has 0 saturated heterocycles. The van der Waals surface area contributed by atoms with Crippen molar-refractivity contribution in [2.45, 2.75) is 17.8 Å². The van der Waals surface area contributed by atoms with Crippen LogP contribution in [-0.2, 0) is 5.75 Å². The number of methoxy groups -OCH3 is 2. The van der Waals surface area contributed by atoms with Crippen LogP contribution in [0.25, 0.3) is 17.1 Å². The Bertz CT molecular complexity index is 1140. The lowest BCUT2D eigenvalue weighted by atomic mass is 10.2. The molecule has 0 N–H and O–H groups in total. The molecule has 0 radical (unpaired) electrons. The van der Waals surface area contributed by atoms with Crippen molar-refractivity contribution in [2.75, 3.05) is 14.2 Å². The lowest BCUT2D eigenvalue weighted by molar-refractivity contribution is 0.414. The highest BCUT2D eigenvalue weighted by Gasteiger charge is 2.17. The number of aryl methyl sites for hydroxylation is 1. The second-order valence-electron chi connectivity index (χ2n) is 6.85. The maximum Gasteiger partial charge on any atom is 0.196 e. The van der Waals surface area contributed by atoms with Gasteiger partial charge in [-0.05, 0) is 48.9 Å². The standard InChI is InChI=1S/C24H23N3O2S/c1-17-10-12-20(13-11-17)27-23(19-7-5-9-22(15-19)29-3)25-26-24(27)30-16-18-6-4-8-21(14-18)28-2/h4-15H,16H2,1-3H3. The molecule has 152 valence electrons. The molecule has 0 aliphatic rings. The molecular formula is C24H23N3O2S. The number of rotatable bonds is 7. The summed E-state index contributed by atoms with van der Waals surface area (Å²) in [6.07, 6.45) is 0. The zero-order valence-corrected chi connectivity index (χ0v) is 18.0. The van der Waals surface area contributed by atoms with Gasteiger partial charge in [0.1, 0.15) is 11.5 Å². The first kappa shape index (κ1) is 20.0. The van der Waals surface area contributed by atoms with E-state index in [0.717, 1.165) is 39.5 Å². The average Bonchev–Trinajstić information content (AvgIpc) is 3.22. The number of thioether (sulfide) groups is 1. The summed E-state index contributed by atoms with van der Waals surface area (Å²) in [6.45, 7) is 2.08. The van der Waals surface area contributed by atoms with E-state index in [1.54, 1.807) is 26.0 Å². The van der Waals surface area contributed by atoms with E-state index < -0.39 is 0 Å². The SMILES string of the molecule is COc1cccc(CSc2nnc(-c3cccc(OC)c3)n2-c2ccc(C)cc2)c1. The molecule has 4 rings (SSSR count). The van der Waals surface area contributed by atoms with Crippen molar-refractivity contribution >= 4 is 11.8 Å². The summed E-state index contributed by atoms with van der Waals surface area (Å²) >= 11 is 1.65. The molecule has 0 saturated carbocycles. The number of benzene rings is 3. The van der Waals surface area contributed by atoms with Gasteiger partial charge < -0.3 is 9.47 Å². The minimum absolute atomic E-state index is 0.763. The zero-order chi connectivity index (χ0) is 20.9. The topological polar surface area (TPSA) is 49.2 Å². The Balaban J connectivity index is 1.72. The second kappa shape index (κ2) is 9.05. The minimum Gasteiger partial charge on any atom is -0.497 e. The molecule has 5 nitrogen and oxygen atoms in total. The molecule has 3 aromatic carbocycles. The van der Waals surface area contributed by atoms with Gasteiger partial charge >= 0.3 is 0 Å². The van der Waals surface area contributed by atoms with Crippen LogP contribution < -0.4 is 9.47 Å². The van der Waals surface area contributed by atoms with Crippen LogP contribution in [-0.4, -0.2) is 29.0 Å². The highest BCUT2D eigenvalue weighted by atomic mass is 32.2. The minimum atomic E-state index is 0.763. The fraction of sp³-hybridized carbons (Fsp3) is 0.167. The van der Waals surface area contributed by atoms with Gasteiger partial charge in [0, 0.05) is 17.0 Å². The molecule has 1 heterocycles. The first-order valence-corrected chi connectivity index (χ1v) is 10.6. The third-order valence-corrected chi connectivity index (χ3v) is 5.76. The summed E-state index contributed by atoms with van der Waals surface area (Å²) < 4.78 is 12.8.